The van der Waals surface area contributed by atoms with Gasteiger partial charge in [-0.3, -0.25) is 9.35 Å². The van der Waals surface area contributed by atoms with Crippen molar-refractivity contribution in [1.82, 2.24) is 10.6 Å². The Kier molecular flexibility index (Phi) is 7.49. The summed E-state index contributed by atoms with van der Waals surface area (Å²) in [5.41, 5.74) is 0.856. The van der Waals surface area contributed by atoms with Crippen molar-refractivity contribution in [3.05, 3.63) is 35.9 Å². The molecule has 1 atom stereocenters. The maximum atomic E-state index is 11.5. The molecule has 1 aromatic carbocycles. The van der Waals surface area contributed by atoms with Crippen molar-refractivity contribution in [2.45, 2.75) is 13.5 Å². The minimum Gasteiger partial charge on any atom is -0.445 e. The first kappa shape index (κ1) is 18.9. The zero-order valence-electron chi connectivity index (χ0n) is 12.7. The van der Waals surface area contributed by atoms with Crippen LogP contribution < -0.4 is 10.6 Å². The van der Waals surface area contributed by atoms with Gasteiger partial charge in [-0.2, -0.15) is 8.42 Å². The van der Waals surface area contributed by atoms with Crippen LogP contribution in [0.4, 0.5) is 4.79 Å². The molecule has 0 saturated carbocycles. The standard InChI is InChI=1S/C14H20N2O6S/c1-11(10-23(19,20)21)13(17)15-7-8-16-14(18)22-9-12-5-3-2-4-6-12/h2-6,11H,7-10H2,1H3,(H,15,17)(H,16,18)(H,19,20,21). The largest absolute Gasteiger partial charge is 0.445 e. The molecule has 0 spiro atoms. The Hall–Kier alpha value is -2.13. The summed E-state index contributed by atoms with van der Waals surface area (Å²) in [7, 11) is -4.20. The molecule has 0 fully saturated rings. The van der Waals surface area contributed by atoms with Gasteiger partial charge < -0.3 is 15.4 Å². The van der Waals surface area contributed by atoms with Gasteiger partial charge in [-0.05, 0) is 5.56 Å². The Bertz CT molecular complexity index is 617. The Labute approximate surface area is 135 Å². The molecule has 0 heterocycles. The molecular formula is C14H20N2O6S. The molecule has 8 nitrogen and oxygen atoms in total. The second-order valence-corrected chi connectivity index (χ2v) is 6.43. The molecule has 9 heteroatoms. The van der Waals surface area contributed by atoms with Crippen LogP contribution in [0.1, 0.15) is 12.5 Å². The highest BCUT2D eigenvalue weighted by atomic mass is 32.2. The summed E-state index contributed by atoms with van der Waals surface area (Å²) in [6, 6.07) is 9.17. The number of rotatable bonds is 8. The maximum Gasteiger partial charge on any atom is 0.407 e. The zero-order valence-corrected chi connectivity index (χ0v) is 13.5. The monoisotopic (exact) mass is 344 g/mol. The summed E-state index contributed by atoms with van der Waals surface area (Å²) >= 11 is 0. The highest BCUT2D eigenvalue weighted by Crippen LogP contribution is 2.00. The van der Waals surface area contributed by atoms with Crippen molar-refractivity contribution < 1.29 is 27.3 Å². The summed E-state index contributed by atoms with van der Waals surface area (Å²) < 4.78 is 34.9. The van der Waals surface area contributed by atoms with Gasteiger partial charge in [-0.25, -0.2) is 4.79 Å². The van der Waals surface area contributed by atoms with E-state index in [0.717, 1.165) is 5.56 Å². The third-order valence-electron chi connectivity index (χ3n) is 2.81. The fraction of sp³-hybridized carbons (Fsp3) is 0.429. The van der Waals surface area contributed by atoms with Crippen LogP contribution in [-0.4, -0.2) is 43.8 Å². The van der Waals surface area contributed by atoms with E-state index in [1.807, 2.05) is 30.3 Å². The molecule has 0 radical (unpaired) electrons. The normalized spacial score (nSPS) is 12.3. The summed E-state index contributed by atoms with van der Waals surface area (Å²) in [6.45, 7) is 1.78. The van der Waals surface area contributed by atoms with Crippen molar-refractivity contribution in [3.63, 3.8) is 0 Å². The lowest BCUT2D eigenvalue weighted by atomic mass is 10.2. The van der Waals surface area contributed by atoms with Gasteiger partial charge in [0, 0.05) is 13.1 Å². The van der Waals surface area contributed by atoms with Gasteiger partial charge in [-0.1, -0.05) is 37.3 Å². The lowest BCUT2D eigenvalue weighted by Gasteiger charge is -2.11. The second kappa shape index (κ2) is 9.11. The molecule has 0 aliphatic heterocycles. The number of benzene rings is 1. The van der Waals surface area contributed by atoms with E-state index in [0.29, 0.717) is 0 Å². The molecule has 1 aromatic rings. The van der Waals surface area contributed by atoms with Crippen molar-refractivity contribution in [1.29, 1.82) is 0 Å². The molecular weight excluding hydrogens is 324 g/mol. The average Bonchev–Trinajstić information content (AvgIpc) is 2.48. The number of hydrogen-bond donors (Lipinski definition) is 3. The topological polar surface area (TPSA) is 122 Å². The lowest BCUT2D eigenvalue weighted by molar-refractivity contribution is -0.123. The first-order valence-corrected chi connectivity index (χ1v) is 8.56. The summed E-state index contributed by atoms with van der Waals surface area (Å²) in [6.07, 6.45) is -0.617. The number of ether oxygens (including phenoxy) is 1. The number of carbonyl (C=O) groups is 2. The molecule has 23 heavy (non-hydrogen) atoms. The number of amides is 2. The highest BCUT2D eigenvalue weighted by molar-refractivity contribution is 7.85. The fourth-order valence-electron chi connectivity index (χ4n) is 1.69. The van der Waals surface area contributed by atoms with Crippen molar-refractivity contribution >= 4 is 22.1 Å². The molecule has 0 aliphatic rings. The Morgan fingerprint density at radius 2 is 1.78 bits per heavy atom. The van der Waals surface area contributed by atoms with E-state index < -0.39 is 33.8 Å². The number of carbonyl (C=O) groups excluding carboxylic acids is 2. The van der Waals surface area contributed by atoms with Gasteiger partial charge in [0.2, 0.25) is 5.91 Å². The number of alkyl carbamates (subject to hydrolysis) is 1. The summed E-state index contributed by atoms with van der Waals surface area (Å²) in [5.74, 6) is -2.05. The third kappa shape index (κ3) is 8.79. The molecule has 0 aliphatic carbocycles. The molecule has 0 aromatic heterocycles. The van der Waals surface area contributed by atoms with E-state index in [1.165, 1.54) is 6.92 Å². The van der Waals surface area contributed by atoms with Gasteiger partial charge in [0.25, 0.3) is 10.1 Å². The van der Waals surface area contributed by atoms with Crippen molar-refractivity contribution in [3.8, 4) is 0 Å². The van der Waals surface area contributed by atoms with Gasteiger partial charge in [0.05, 0.1) is 11.7 Å². The summed E-state index contributed by atoms with van der Waals surface area (Å²) in [5, 5.41) is 4.90. The van der Waals surface area contributed by atoms with E-state index in [2.05, 4.69) is 10.6 Å². The van der Waals surface area contributed by atoms with Crippen LogP contribution in [0.5, 0.6) is 0 Å². The Morgan fingerprint density at radius 3 is 2.39 bits per heavy atom. The van der Waals surface area contributed by atoms with Gasteiger partial charge in [-0.15, -0.1) is 0 Å². The predicted molar refractivity (Wildman–Crippen MR) is 83.2 cm³/mol. The Balaban J connectivity index is 2.16. The molecule has 1 unspecified atom stereocenters. The molecule has 1 rings (SSSR count). The summed E-state index contributed by atoms with van der Waals surface area (Å²) in [4.78, 5) is 23.0. The van der Waals surface area contributed by atoms with Crippen LogP contribution in [0.15, 0.2) is 30.3 Å². The van der Waals surface area contributed by atoms with Crippen molar-refractivity contribution in [2.24, 2.45) is 5.92 Å². The van der Waals surface area contributed by atoms with E-state index in [1.54, 1.807) is 0 Å². The predicted octanol–water partition coefficient (Wildman–Crippen LogP) is 0.553. The van der Waals surface area contributed by atoms with E-state index in [-0.39, 0.29) is 19.7 Å². The van der Waals surface area contributed by atoms with Crippen molar-refractivity contribution in [2.75, 3.05) is 18.8 Å². The van der Waals surface area contributed by atoms with E-state index in [4.69, 9.17) is 9.29 Å². The number of nitrogens with one attached hydrogen (secondary N) is 2. The zero-order chi connectivity index (χ0) is 17.3. The first-order chi connectivity index (χ1) is 10.8. The van der Waals surface area contributed by atoms with Crippen LogP contribution in [0, 0.1) is 5.92 Å². The molecule has 128 valence electrons. The van der Waals surface area contributed by atoms with Crippen LogP contribution in [-0.2, 0) is 26.3 Å². The quantitative estimate of drug-likeness (QED) is 0.468. The molecule has 2 amide bonds. The minimum absolute atomic E-state index is 0.120. The maximum absolute atomic E-state index is 11.5. The van der Waals surface area contributed by atoms with E-state index >= 15 is 0 Å². The van der Waals surface area contributed by atoms with E-state index in [9.17, 15) is 18.0 Å². The van der Waals surface area contributed by atoms with Gasteiger partial charge >= 0.3 is 6.09 Å². The van der Waals surface area contributed by atoms with Crippen LogP contribution in [0.25, 0.3) is 0 Å². The average molecular weight is 344 g/mol. The molecule has 3 N–H and O–H groups in total. The number of hydrogen-bond acceptors (Lipinski definition) is 5. The fourth-order valence-corrected chi connectivity index (χ4v) is 2.47. The molecule has 0 saturated heterocycles. The second-order valence-electron chi connectivity index (χ2n) is 4.93. The first-order valence-electron chi connectivity index (χ1n) is 6.95. The lowest BCUT2D eigenvalue weighted by Crippen LogP contribution is -2.38. The minimum atomic E-state index is -4.20. The van der Waals surface area contributed by atoms with Crippen LogP contribution in [0.2, 0.25) is 0 Å². The Morgan fingerprint density at radius 1 is 1.17 bits per heavy atom. The van der Waals surface area contributed by atoms with Crippen LogP contribution >= 0.6 is 0 Å². The van der Waals surface area contributed by atoms with Gasteiger partial charge in [0.1, 0.15) is 6.61 Å². The third-order valence-corrected chi connectivity index (χ3v) is 3.74. The van der Waals surface area contributed by atoms with Crippen LogP contribution in [0.3, 0.4) is 0 Å². The SMILES string of the molecule is CC(CS(=O)(=O)O)C(=O)NCCNC(=O)OCc1ccccc1. The molecule has 0 bridgehead atoms. The van der Waals surface area contributed by atoms with Gasteiger partial charge in [0.15, 0.2) is 0 Å². The highest BCUT2D eigenvalue weighted by Gasteiger charge is 2.19. The smallest absolute Gasteiger partial charge is 0.407 e.